The van der Waals surface area contributed by atoms with Gasteiger partial charge in [-0.15, -0.1) is 0 Å². The van der Waals surface area contributed by atoms with E-state index in [-0.39, 0.29) is 10.9 Å². The number of unbranched alkanes of at least 4 members (excludes halogenated alkanes) is 1. The number of hydrogen-bond donors (Lipinski definition) is 1. The maximum absolute atomic E-state index is 14.6. The number of alkyl halides is 3. The molecule has 0 radical (unpaired) electrons. The average Bonchev–Trinajstić information content (AvgIpc) is 3.29. The third-order valence-electron chi connectivity index (χ3n) is 7.43. The van der Waals surface area contributed by atoms with E-state index in [0.29, 0.717) is 29.4 Å². The summed E-state index contributed by atoms with van der Waals surface area (Å²) >= 11 is 0. The van der Waals surface area contributed by atoms with Gasteiger partial charge in [-0.3, -0.25) is 4.68 Å². The Morgan fingerprint density at radius 1 is 0.950 bits per heavy atom. The van der Waals surface area contributed by atoms with Crippen LogP contribution in [0.15, 0.2) is 54.6 Å². The van der Waals surface area contributed by atoms with E-state index in [9.17, 15) is 26.3 Å². The van der Waals surface area contributed by atoms with Gasteiger partial charge in [0.05, 0.1) is 17.8 Å². The van der Waals surface area contributed by atoms with E-state index in [1.807, 2.05) is 18.2 Å². The largest absolute Gasteiger partial charge is 0.418 e. The molecule has 2 heterocycles. The van der Waals surface area contributed by atoms with Gasteiger partial charge in [-0.05, 0) is 44.0 Å². The predicted molar refractivity (Wildman–Crippen MR) is 144 cm³/mol. The van der Waals surface area contributed by atoms with Crippen LogP contribution in [0.5, 0.6) is 0 Å². The number of hydrogen-bond acceptors (Lipinski definition) is 3. The molecule has 1 aliphatic rings. The molecule has 1 N–H and O–H groups in total. The summed E-state index contributed by atoms with van der Waals surface area (Å²) in [5.41, 5.74) is -0.00173. The highest BCUT2D eigenvalue weighted by Gasteiger charge is 2.35. The van der Waals surface area contributed by atoms with Crippen LogP contribution in [0.1, 0.15) is 43.7 Å². The Bertz CT molecular complexity index is 1460. The van der Waals surface area contributed by atoms with E-state index in [1.165, 1.54) is 16.8 Å². The second-order valence-corrected chi connectivity index (χ2v) is 10.2. The molecule has 3 aromatic carbocycles. The molecule has 4 nitrogen and oxygen atoms in total. The maximum Gasteiger partial charge on any atom is 0.418 e. The second-order valence-electron chi connectivity index (χ2n) is 10.2. The molecule has 212 valence electrons. The Balaban J connectivity index is 1.54. The molecule has 10 heteroatoms. The molecular formula is C30H30F6N4. The molecule has 1 aliphatic heterocycles. The first-order chi connectivity index (χ1) is 19.2. The maximum atomic E-state index is 14.6. The van der Waals surface area contributed by atoms with Gasteiger partial charge in [0.15, 0.2) is 0 Å². The van der Waals surface area contributed by atoms with Gasteiger partial charge in [-0.2, -0.15) is 18.3 Å². The fraction of sp³-hybridized carbons (Fsp3) is 0.367. The summed E-state index contributed by atoms with van der Waals surface area (Å²) in [6, 6.07) is 12.6. The van der Waals surface area contributed by atoms with Crippen LogP contribution >= 0.6 is 0 Å². The standard InChI is InChI=1S/C30H30F6N4/c1-2-3-12-37-21-10-13-39(14-11-21)22-7-4-6-19(15-22)29-23-8-5-9-25(30(34,35)36)28(23)38-40(29)18-24-26(32)16-20(31)17-27(24)33/h4-9,15-17,21,37H,2-3,10-14,18H2,1H3. The van der Waals surface area contributed by atoms with Crippen LogP contribution in [-0.4, -0.2) is 35.5 Å². The van der Waals surface area contributed by atoms with Crippen molar-refractivity contribution < 1.29 is 26.3 Å². The van der Waals surface area contributed by atoms with E-state index >= 15 is 0 Å². The summed E-state index contributed by atoms with van der Waals surface area (Å²) in [5.74, 6) is -3.35. The Kier molecular flexibility index (Phi) is 8.07. The Morgan fingerprint density at radius 2 is 1.65 bits per heavy atom. The molecule has 0 spiro atoms. The van der Waals surface area contributed by atoms with Crippen molar-refractivity contribution in [2.24, 2.45) is 0 Å². The SMILES string of the molecule is CCCCNC1CCN(c2cccc(-c3c4cccc(C(F)(F)F)c4nn3Cc3c(F)cc(F)cc3F)c2)CC1. The highest BCUT2D eigenvalue weighted by atomic mass is 19.4. The van der Waals surface area contributed by atoms with E-state index in [2.05, 4.69) is 22.2 Å². The minimum atomic E-state index is -4.68. The lowest BCUT2D eigenvalue weighted by Gasteiger charge is -2.34. The summed E-state index contributed by atoms with van der Waals surface area (Å²) in [6.07, 6.45) is -0.486. The molecule has 0 aliphatic carbocycles. The monoisotopic (exact) mass is 560 g/mol. The fourth-order valence-electron chi connectivity index (χ4n) is 5.35. The third kappa shape index (κ3) is 5.82. The number of rotatable bonds is 8. The molecule has 0 saturated carbocycles. The van der Waals surface area contributed by atoms with E-state index in [4.69, 9.17) is 0 Å². The quantitative estimate of drug-likeness (QED) is 0.179. The molecule has 1 aromatic heterocycles. The zero-order chi connectivity index (χ0) is 28.4. The molecular weight excluding hydrogens is 530 g/mol. The number of halogens is 6. The van der Waals surface area contributed by atoms with Crippen molar-refractivity contribution in [3.05, 3.63) is 83.2 Å². The fourth-order valence-corrected chi connectivity index (χ4v) is 5.35. The van der Waals surface area contributed by atoms with Gasteiger partial charge in [0, 0.05) is 53.5 Å². The number of aromatic nitrogens is 2. The van der Waals surface area contributed by atoms with Gasteiger partial charge in [0.1, 0.15) is 23.0 Å². The molecule has 1 fully saturated rings. The van der Waals surface area contributed by atoms with Crippen molar-refractivity contribution >= 4 is 16.6 Å². The van der Waals surface area contributed by atoms with Crippen LogP contribution in [0, 0.1) is 17.5 Å². The van der Waals surface area contributed by atoms with Gasteiger partial charge < -0.3 is 10.2 Å². The lowest BCUT2D eigenvalue weighted by atomic mass is 10.0. The Morgan fingerprint density at radius 3 is 2.33 bits per heavy atom. The summed E-state index contributed by atoms with van der Waals surface area (Å²) in [5, 5.41) is 7.99. The van der Waals surface area contributed by atoms with Crippen LogP contribution in [-0.2, 0) is 12.7 Å². The van der Waals surface area contributed by atoms with Crippen molar-refractivity contribution in [2.45, 2.75) is 51.4 Å². The summed E-state index contributed by atoms with van der Waals surface area (Å²) in [7, 11) is 0. The van der Waals surface area contributed by atoms with Gasteiger partial charge in [-0.25, -0.2) is 13.2 Å². The summed E-state index contributed by atoms with van der Waals surface area (Å²) in [4.78, 5) is 2.23. The minimum Gasteiger partial charge on any atom is -0.371 e. The van der Waals surface area contributed by atoms with E-state index in [1.54, 1.807) is 6.07 Å². The van der Waals surface area contributed by atoms with Gasteiger partial charge in [0.2, 0.25) is 0 Å². The first-order valence-electron chi connectivity index (χ1n) is 13.4. The van der Waals surface area contributed by atoms with Gasteiger partial charge >= 0.3 is 6.18 Å². The van der Waals surface area contributed by atoms with Crippen molar-refractivity contribution in [2.75, 3.05) is 24.5 Å². The Hall–Kier alpha value is -3.53. The van der Waals surface area contributed by atoms with Crippen LogP contribution < -0.4 is 10.2 Å². The first kappa shape index (κ1) is 28.0. The lowest BCUT2D eigenvalue weighted by molar-refractivity contribution is -0.136. The van der Waals surface area contributed by atoms with Crippen LogP contribution in [0.4, 0.5) is 32.0 Å². The van der Waals surface area contributed by atoms with Crippen molar-refractivity contribution in [3.63, 3.8) is 0 Å². The highest BCUT2D eigenvalue weighted by Crippen LogP contribution is 2.39. The zero-order valence-corrected chi connectivity index (χ0v) is 22.0. The normalized spacial score (nSPS) is 14.8. The van der Waals surface area contributed by atoms with Gasteiger partial charge in [0.25, 0.3) is 0 Å². The second kappa shape index (κ2) is 11.5. The smallest absolute Gasteiger partial charge is 0.371 e. The first-order valence-corrected chi connectivity index (χ1v) is 13.4. The molecule has 40 heavy (non-hydrogen) atoms. The van der Waals surface area contributed by atoms with E-state index < -0.39 is 41.3 Å². The number of fused-ring (bicyclic) bond motifs is 1. The molecule has 1 saturated heterocycles. The molecule has 5 rings (SSSR count). The van der Waals surface area contributed by atoms with Crippen molar-refractivity contribution in [1.82, 2.24) is 15.1 Å². The zero-order valence-electron chi connectivity index (χ0n) is 22.0. The minimum absolute atomic E-state index is 0.203. The van der Waals surface area contributed by atoms with E-state index in [0.717, 1.165) is 57.1 Å². The molecule has 0 amide bonds. The topological polar surface area (TPSA) is 33.1 Å². The van der Waals surface area contributed by atoms with Crippen LogP contribution in [0.25, 0.3) is 22.2 Å². The number of benzene rings is 3. The van der Waals surface area contributed by atoms with Crippen LogP contribution in [0.3, 0.4) is 0 Å². The molecule has 0 atom stereocenters. The predicted octanol–water partition coefficient (Wildman–Crippen LogP) is 7.55. The number of nitrogens with one attached hydrogen (secondary N) is 1. The summed E-state index contributed by atoms with van der Waals surface area (Å²) < 4.78 is 85.5. The number of piperidine rings is 1. The van der Waals surface area contributed by atoms with Gasteiger partial charge in [-0.1, -0.05) is 37.6 Å². The van der Waals surface area contributed by atoms with Crippen molar-refractivity contribution in [3.8, 4) is 11.3 Å². The molecule has 0 bridgehead atoms. The molecule has 4 aromatic rings. The van der Waals surface area contributed by atoms with Crippen molar-refractivity contribution in [1.29, 1.82) is 0 Å². The Labute approximate surface area is 228 Å². The summed E-state index contributed by atoms with van der Waals surface area (Å²) in [6.45, 7) is 4.26. The molecule has 0 unspecified atom stereocenters. The highest BCUT2D eigenvalue weighted by molar-refractivity contribution is 5.95. The number of nitrogens with zero attached hydrogens (tertiary/aromatic N) is 3. The number of anilines is 1. The van der Waals surface area contributed by atoms with Crippen LogP contribution in [0.2, 0.25) is 0 Å². The third-order valence-corrected chi connectivity index (χ3v) is 7.43. The average molecular weight is 561 g/mol. The lowest BCUT2D eigenvalue weighted by Crippen LogP contribution is -2.42.